The Morgan fingerprint density at radius 3 is 2.40 bits per heavy atom. The standard InChI is InChI=1S/C12H21ClNO/c13-10-3-1-2-4-11(9-10)14-7-5-12(15)6-8-14/h10-12H,1-9H2. The lowest BCUT2D eigenvalue weighted by atomic mass is 10.0. The van der Waals surface area contributed by atoms with Gasteiger partial charge in [0, 0.05) is 24.5 Å². The zero-order chi connectivity index (χ0) is 10.7. The highest BCUT2D eigenvalue weighted by molar-refractivity contribution is 6.20. The second-order valence-corrected chi connectivity index (χ2v) is 5.62. The number of nitrogens with zero attached hydrogens (tertiary/aromatic N) is 1. The van der Waals surface area contributed by atoms with Crippen molar-refractivity contribution in [3.05, 3.63) is 0 Å². The Labute approximate surface area is 97.6 Å². The first-order valence-electron chi connectivity index (χ1n) is 6.29. The van der Waals surface area contributed by atoms with E-state index in [0.717, 1.165) is 32.4 Å². The minimum Gasteiger partial charge on any atom is -0.300 e. The van der Waals surface area contributed by atoms with Gasteiger partial charge in [0.25, 0.3) is 0 Å². The van der Waals surface area contributed by atoms with E-state index in [9.17, 15) is 5.11 Å². The number of likely N-dealkylation sites (tertiary alicyclic amines) is 1. The molecule has 0 bridgehead atoms. The molecule has 2 rings (SSSR count). The third kappa shape index (κ3) is 3.33. The molecule has 0 aromatic rings. The minimum atomic E-state index is -0.307. The van der Waals surface area contributed by atoms with Gasteiger partial charge in [-0.2, -0.15) is 0 Å². The molecular weight excluding hydrogens is 210 g/mol. The van der Waals surface area contributed by atoms with Crippen LogP contribution in [0.3, 0.4) is 0 Å². The number of halogens is 1. The summed E-state index contributed by atoms with van der Waals surface area (Å²) in [5.74, 6) is 0. The van der Waals surface area contributed by atoms with Crippen LogP contribution in [0.5, 0.6) is 0 Å². The lowest BCUT2D eigenvalue weighted by Gasteiger charge is -2.35. The molecule has 2 fully saturated rings. The van der Waals surface area contributed by atoms with Crippen LogP contribution in [0.25, 0.3) is 0 Å². The van der Waals surface area contributed by atoms with E-state index in [4.69, 9.17) is 11.6 Å². The molecule has 0 aromatic carbocycles. The summed E-state index contributed by atoms with van der Waals surface area (Å²) < 4.78 is 0. The van der Waals surface area contributed by atoms with Gasteiger partial charge in [0.1, 0.15) is 0 Å². The fourth-order valence-electron chi connectivity index (χ4n) is 2.85. The Hall–Kier alpha value is 0.210. The van der Waals surface area contributed by atoms with E-state index in [2.05, 4.69) is 4.90 Å². The molecule has 1 saturated heterocycles. The largest absolute Gasteiger partial charge is 0.300 e. The zero-order valence-electron chi connectivity index (χ0n) is 9.33. The molecule has 3 heteroatoms. The topological polar surface area (TPSA) is 23.1 Å². The van der Waals surface area contributed by atoms with Crippen molar-refractivity contribution in [2.45, 2.75) is 62.5 Å². The van der Waals surface area contributed by atoms with E-state index < -0.39 is 0 Å². The van der Waals surface area contributed by atoms with Crippen LogP contribution in [0.2, 0.25) is 0 Å². The molecule has 1 radical (unpaired) electrons. The molecule has 2 atom stereocenters. The number of alkyl halides is 1. The van der Waals surface area contributed by atoms with E-state index >= 15 is 0 Å². The molecule has 0 aromatic heterocycles. The predicted molar refractivity (Wildman–Crippen MR) is 61.8 cm³/mol. The van der Waals surface area contributed by atoms with Crippen molar-refractivity contribution in [2.75, 3.05) is 13.1 Å². The lowest BCUT2D eigenvalue weighted by molar-refractivity contribution is 0.0130. The lowest BCUT2D eigenvalue weighted by Crippen LogP contribution is -2.43. The van der Waals surface area contributed by atoms with Crippen LogP contribution in [0.1, 0.15) is 44.9 Å². The van der Waals surface area contributed by atoms with Crippen LogP contribution in [0.4, 0.5) is 0 Å². The molecular formula is C12H21ClNO. The second-order valence-electron chi connectivity index (χ2n) is 5.01. The fraction of sp³-hybridized carbons (Fsp3) is 1.00. The first kappa shape index (κ1) is 11.7. The van der Waals surface area contributed by atoms with Crippen molar-refractivity contribution >= 4 is 11.6 Å². The molecule has 0 spiro atoms. The van der Waals surface area contributed by atoms with Gasteiger partial charge in [0.05, 0.1) is 6.10 Å². The van der Waals surface area contributed by atoms with Crippen LogP contribution >= 0.6 is 11.6 Å². The molecule has 15 heavy (non-hydrogen) atoms. The Morgan fingerprint density at radius 2 is 1.67 bits per heavy atom. The molecule has 0 N–H and O–H groups in total. The highest BCUT2D eigenvalue weighted by Crippen LogP contribution is 2.27. The molecule has 2 nitrogen and oxygen atoms in total. The maximum absolute atomic E-state index is 11.3. The van der Waals surface area contributed by atoms with Crippen molar-refractivity contribution in [2.24, 2.45) is 0 Å². The van der Waals surface area contributed by atoms with Crippen molar-refractivity contribution in [1.82, 2.24) is 4.90 Å². The molecule has 2 aliphatic rings. The first-order valence-corrected chi connectivity index (χ1v) is 6.73. The smallest absolute Gasteiger partial charge is 0.0954 e. The highest BCUT2D eigenvalue weighted by Gasteiger charge is 2.27. The van der Waals surface area contributed by atoms with Crippen molar-refractivity contribution in [1.29, 1.82) is 0 Å². The van der Waals surface area contributed by atoms with E-state index in [1.807, 2.05) is 0 Å². The second kappa shape index (κ2) is 5.51. The molecule has 0 amide bonds. The zero-order valence-corrected chi connectivity index (χ0v) is 10.1. The molecule has 2 unspecified atom stereocenters. The van der Waals surface area contributed by atoms with Gasteiger partial charge in [0.15, 0.2) is 0 Å². The van der Waals surface area contributed by atoms with Crippen LogP contribution in [-0.4, -0.2) is 35.5 Å². The first-order chi connectivity index (χ1) is 7.25. The number of hydrogen-bond donors (Lipinski definition) is 0. The third-order valence-corrected chi connectivity index (χ3v) is 4.22. The number of piperidine rings is 1. The van der Waals surface area contributed by atoms with E-state index in [-0.39, 0.29) is 6.10 Å². The predicted octanol–water partition coefficient (Wildman–Crippen LogP) is 2.82. The normalized spacial score (nSPS) is 36.4. The highest BCUT2D eigenvalue weighted by atomic mass is 35.5. The summed E-state index contributed by atoms with van der Waals surface area (Å²) in [6, 6.07) is 0.655. The van der Waals surface area contributed by atoms with Gasteiger partial charge in [-0.05, 0) is 32.1 Å². The summed E-state index contributed by atoms with van der Waals surface area (Å²) in [7, 11) is 0. The average molecular weight is 231 g/mol. The van der Waals surface area contributed by atoms with E-state index in [1.165, 1.54) is 25.7 Å². The Kier molecular flexibility index (Phi) is 4.30. The summed E-state index contributed by atoms with van der Waals surface area (Å²) in [6.45, 7) is 2.00. The Morgan fingerprint density at radius 1 is 1.00 bits per heavy atom. The fourth-order valence-corrected chi connectivity index (χ4v) is 3.21. The van der Waals surface area contributed by atoms with Crippen molar-refractivity contribution in [3.8, 4) is 0 Å². The summed E-state index contributed by atoms with van der Waals surface area (Å²) in [5.41, 5.74) is 0. The van der Waals surface area contributed by atoms with E-state index in [0.29, 0.717) is 11.4 Å². The molecule has 1 heterocycles. The average Bonchev–Trinajstić information content (AvgIpc) is 2.44. The van der Waals surface area contributed by atoms with Crippen LogP contribution in [-0.2, 0) is 5.11 Å². The maximum Gasteiger partial charge on any atom is 0.0954 e. The van der Waals surface area contributed by atoms with Crippen LogP contribution < -0.4 is 0 Å². The Bertz CT molecular complexity index is 192. The van der Waals surface area contributed by atoms with Gasteiger partial charge in [0.2, 0.25) is 0 Å². The van der Waals surface area contributed by atoms with Crippen molar-refractivity contribution in [3.63, 3.8) is 0 Å². The molecule has 87 valence electrons. The SMILES string of the molecule is [O]C1CCN(C2CCCCC(Cl)C2)CC1. The van der Waals surface area contributed by atoms with E-state index in [1.54, 1.807) is 0 Å². The minimum absolute atomic E-state index is 0.307. The molecule has 1 aliphatic carbocycles. The van der Waals surface area contributed by atoms with Gasteiger partial charge in [-0.3, -0.25) is 0 Å². The van der Waals surface area contributed by atoms with Crippen LogP contribution in [0.15, 0.2) is 0 Å². The maximum atomic E-state index is 11.3. The van der Waals surface area contributed by atoms with Gasteiger partial charge in [-0.25, -0.2) is 5.11 Å². The van der Waals surface area contributed by atoms with Crippen molar-refractivity contribution < 1.29 is 5.11 Å². The quantitative estimate of drug-likeness (QED) is 0.502. The molecule has 1 saturated carbocycles. The third-order valence-electron chi connectivity index (χ3n) is 3.83. The van der Waals surface area contributed by atoms with Gasteiger partial charge in [-0.15, -0.1) is 11.6 Å². The van der Waals surface area contributed by atoms with Gasteiger partial charge < -0.3 is 4.90 Å². The van der Waals surface area contributed by atoms with Gasteiger partial charge in [-0.1, -0.05) is 12.8 Å². The summed E-state index contributed by atoms with van der Waals surface area (Å²) in [4.78, 5) is 2.51. The van der Waals surface area contributed by atoms with Gasteiger partial charge >= 0.3 is 0 Å². The number of rotatable bonds is 1. The summed E-state index contributed by atoms with van der Waals surface area (Å²) in [6.07, 6.45) is 7.55. The summed E-state index contributed by atoms with van der Waals surface area (Å²) >= 11 is 6.28. The Balaban J connectivity index is 1.85. The van der Waals surface area contributed by atoms with Crippen LogP contribution in [0, 0.1) is 0 Å². The summed E-state index contributed by atoms with van der Waals surface area (Å²) in [5, 5.41) is 11.6. The molecule has 1 aliphatic heterocycles. The number of hydrogen-bond acceptors (Lipinski definition) is 1. The monoisotopic (exact) mass is 230 g/mol.